The summed E-state index contributed by atoms with van der Waals surface area (Å²) in [6, 6.07) is 3.75. The van der Waals surface area contributed by atoms with Crippen LogP contribution in [0.25, 0.3) is 0 Å². The van der Waals surface area contributed by atoms with Gasteiger partial charge in [0.15, 0.2) is 6.61 Å². The Labute approximate surface area is 147 Å². The minimum Gasteiger partial charge on any atom is -0.456 e. The number of imide groups is 1. The smallest absolute Gasteiger partial charge is 0.308 e. The Balaban J connectivity index is 1.96. The Morgan fingerprint density at radius 3 is 2.69 bits per heavy atom. The maximum absolute atomic E-state index is 12.3. The highest BCUT2D eigenvalue weighted by molar-refractivity contribution is 6.23. The highest BCUT2D eigenvalue weighted by atomic mass is 16.6. The zero-order valence-electron chi connectivity index (χ0n) is 13.6. The lowest BCUT2D eigenvalue weighted by Gasteiger charge is -2.13. The van der Waals surface area contributed by atoms with Crippen LogP contribution in [-0.4, -0.2) is 53.2 Å². The van der Waals surface area contributed by atoms with Crippen LogP contribution in [0.5, 0.6) is 0 Å². The predicted molar refractivity (Wildman–Crippen MR) is 87.2 cm³/mol. The quantitative estimate of drug-likeness (QED) is 0.233. The fourth-order valence-electron chi connectivity index (χ4n) is 2.33. The van der Waals surface area contributed by atoms with E-state index in [2.05, 4.69) is 11.9 Å². The summed E-state index contributed by atoms with van der Waals surface area (Å²) in [6.07, 6.45) is 1.12. The average molecular weight is 361 g/mol. The first kappa shape index (κ1) is 18.8. The molecule has 0 atom stereocenters. The molecule has 26 heavy (non-hydrogen) atoms. The van der Waals surface area contributed by atoms with Gasteiger partial charge >= 0.3 is 5.97 Å². The molecular formula is C16H15N3O7. The molecule has 0 saturated heterocycles. The van der Waals surface area contributed by atoms with Crippen molar-refractivity contribution in [3.63, 3.8) is 0 Å². The Morgan fingerprint density at radius 2 is 2.04 bits per heavy atom. The number of hydrogen-bond acceptors (Lipinski definition) is 7. The van der Waals surface area contributed by atoms with E-state index < -0.39 is 40.9 Å². The number of fused-ring (bicyclic) bond motifs is 1. The Hall–Kier alpha value is -3.56. The monoisotopic (exact) mass is 361 g/mol. The summed E-state index contributed by atoms with van der Waals surface area (Å²) in [5, 5.41) is 13.4. The minimum absolute atomic E-state index is 0.0821. The Kier molecular flexibility index (Phi) is 5.78. The summed E-state index contributed by atoms with van der Waals surface area (Å²) in [5.74, 6) is -2.86. The fraction of sp³-hybridized carbons (Fsp3) is 0.250. The third-order valence-corrected chi connectivity index (χ3v) is 3.52. The van der Waals surface area contributed by atoms with E-state index in [-0.39, 0.29) is 30.6 Å². The van der Waals surface area contributed by atoms with E-state index >= 15 is 0 Å². The molecule has 0 radical (unpaired) electrons. The molecule has 10 nitrogen and oxygen atoms in total. The number of nitrogens with one attached hydrogen (secondary N) is 1. The topological polar surface area (TPSA) is 136 Å². The second-order valence-corrected chi connectivity index (χ2v) is 5.22. The van der Waals surface area contributed by atoms with Crippen LogP contribution in [0.4, 0.5) is 5.69 Å². The van der Waals surface area contributed by atoms with Crippen LogP contribution < -0.4 is 5.32 Å². The molecule has 10 heteroatoms. The molecule has 136 valence electrons. The van der Waals surface area contributed by atoms with Gasteiger partial charge in [0.05, 0.1) is 16.9 Å². The zero-order chi connectivity index (χ0) is 19.3. The number of nitrogens with zero attached hydrogens (tertiary/aromatic N) is 2. The van der Waals surface area contributed by atoms with Crippen LogP contribution in [0, 0.1) is 10.1 Å². The van der Waals surface area contributed by atoms with Crippen LogP contribution in [0.2, 0.25) is 0 Å². The highest BCUT2D eigenvalue weighted by Gasteiger charge is 2.40. The largest absolute Gasteiger partial charge is 0.456 e. The Bertz CT molecular complexity index is 803. The molecule has 1 heterocycles. The van der Waals surface area contributed by atoms with Crippen molar-refractivity contribution in [1.29, 1.82) is 0 Å². The molecule has 1 N–H and O–H groups in total. The van der Waals surface area contributed by atoms with E-state index in [9.17, 15) is 29.3 Å². The number of hydrogen-bond donors (Lipinski definition) is 1. The second kappa shape index (κ2) is 8.01. The van der Waals surface area contributed by atoms with Gasteiger partial charge in [-0.25, -0.2) is 0 Å². The molecular weight excluding hydrogens is 346 g/mol. The molecule has 0 saturated carbocycles. The van der Waals surface area contributed by atoms with E-state index in [1.54, 1.807) is 0 Å². The van der Waals surface area contributed by atoms with Gasteiger partial charge in [0, 0.05) is 19.2 Å². The summed E-state index contributed by atoms with van der Waals surface area (Å²) in [5.41, 5.74) is -0.842. The summed E-state index contributed by atoms with van der Waals surface area (Å²) >= 11 is 0. The maximum atomic E-state index is 12.3. The van der Waals surface area contributed by atoms with Crippen molar-refractivity contribution in [3.05, 3.63) is 52.1 Å². The lowest BCUT2D eigenvalue weighted by molar-refractivity contribution is -0.385. The van der Waals surface area contributed by atoms with Crippen molar-refractivity contribution in [3.8, 4) is 0 Å². The third kappa shape index (κ3) is 3.91. The normalized spacial score (nSPS) is 12.5. The number of carbonyl (C=O) groups is 4. The van der Waals surface area contributed by atoms with Gasteiger partial charge in [-0.1, -0.05) is 12.1 Å². The minimum atomic E-state index is -0.839. The number of benzene rings is 1. The first-order valence-corrected chi connectivity index (χ1v) is 7.53. The summed E-state index contributed by atoms with van der Waals surface area (Å²) in [7, 11) is 0. The first-order chi connectivity index (χ1) is 12.4. The van der Waals surface area contributed by atoms with Crippen LogP contribution in [0.3, 0.4) is 0 Å². The first-order valence-electron chi connectivity index (χ1n) is 7.53. The van der Waals surface area contributed by atoms with Gasteiger partial charge in [0.25, 0.3) is 23.4 Å². The van der Waals surface area contributed by atoms with E-state index in [4.69, 9.17) is 4.74 Å². The van der Waals surface area contributed by atoms with E-state index in [1.807, 2.05) is 0 Å². The molecule has 0 aliphatic carbocycles. The van der Waals surface area contributed by atoms with Crippen molar-refractivity contribution in [2.24, 2.45) is 0 Å². The number of amides is 3. The van der Waals surface area contributed by atoms with Crippen LogP contribution in [-0.2, 0) is 14.3 Å². The van der Waals surface area contributed by atoms with Gasteiger partial charge in [-0.05, 0) is 6.07 Å². The second-order valence-electron chi connectivity index (χ2n) is 5.22. The van der Waals surface area contributed by atoms with Crippen molar-refractivity contribution < 1.29 is 28.8 Å². The van der Waals surface area contributed by atoms with Gasteiger partial charge in [-0.15, -0.1) is 6.58 Å². The molecule has 0 spiro atoms. The lowest BCUT2D eigenvalue weighted by atomic mass is 10.1. The van der Waals surface area contributed by atoms with Crippen molar-refractivity contribution in [1.82, 2.24) is 10.2 Å². The van der Waals surface area contributed by atoms with Crippen LogP contribution >= 0.6 is 0 Å². The molecule has 1 aliphatic heterocycles. The summed E-state index contributed by atoms with van der Waals surface area (Å²) in [4.78, 5) is 58.5. The van der Waals surface area contributed by atoms with E-state index in [0.29, 0.717) is 0 Å². The van der Waals surface area contributed by atoms with Crippen molar-refractivity contribution >= 4 is 29.4 Å². The van der Waals surface area contributed by atoms with Crippen molar-refractivity contribution in [2.45, 2.75) is 6.42 Å². The number of esters is 1. The zero-order valence-corrected chi connectivity index (χ0v) is 13.6. The molecule has 0 aromatic heterocycles. The standard InChI is InChI=1S/C16H15N3O7/c1-2-7-17-12(20)9-26-13(21)6-8-18-15(22)10-4-3-5-11(19(24)25)14(10)16(18)23/h2-5H,1,6-9H2,(H,17,20). The third-order valence-electron chi connectivity index (χ3n) is 3.52. The van der Waals surface area contributed by atoms with Crippen LogP contribution in [0.1, 0.15) is 27.1 Å². The average Bonchev–Trinajstić information content (AvgIpc) is 2.87. The molecule has 1 aromatic carbocycles. The molecule has 0 fully saturated rings. The van der Waals surface area contributed by atoms with Crippen molar-refractivity contribution in [2.75, 3.05) is 19.7 Å². The molecule has 0 bridgehead atoms. The van der Waals surface area contributed by atoms with E-state index in [0.717, 1.165) is 11.0 Å². The maximum Gasteiger partial charge on any atom is 0.308 e. The van der Waals surface area contributed by atoms with Gasteiger partial charge < -0.3 is 10.1 Å². The highest BCUT2D eigenvalue weighted by Crippen LogP contribution is 2.30. The number of ether oxygens (including phenoxy) is 1. The molecule has 2 rings (SSSR count). The van der Waals surface area contributed by atoms with Crippen LogP contribution in [0.15, 0.2) is 30.9 Å². The number of nitro groups is 1. The summed E-state index contributed by atoms with van der Waals surface area (Å²) < 4.78 is 4.73. The number of carbonyl (C=O) groups excluding carboxylic acids is 4. The SMILES string of the molecule is C=CCNC(=O)COC(=O)CCN1C(=O)c2cccc([N+](=O)[O-])c2C1=O. The fourth-order valence-corrected chi connectivity index (χ4v) is 2.33. The predicted octanol–water partition coefficient (Wildman–Crippen LogP) is 0.426. The molecule has 1 aromatic rings. The lowest BCUT2D eigenvalue weighted by Crippen LogP contribution is -2.33. The Morgan fingerprint density at radius 1 is 1.31 bits per heavy atom. The van der Waals surface area contributed by atoms with E-state index in [1.165, 1.54) is 18.2 Å². The van der Waals surface area contributed by atoms with Gasteiger partial charge in [-0.3, -0.25) is 34.2 Å². The number of nitro benzene ring substituents is 1. The molecule has 1 aliphatic rings. The van der Waals surface area contributed by atoms with Gasteiger partial charge in [0.2, 0.25) is 0 Å². The van der Waals surface area contributed by atoms with Gasteiger partial charge in [-0.2, -0.15) is 0 Å². The molecule has 0 unspecified atom stereocenters. The number of rotatable bonds is 8. The summed E-state index contributed by atoms with van der Waals surface area (Å²) in [6.45, 7) is 2.83. The molecule has 3 amide bonds. The van der Waals surface area contributed by atoms with Gasteiger partial charge in [0.1, 0.15) is 5.56 Å².